The van der Waals surface area contributed by atoms with Crippen LogP contribution >= 0.6 is 11.6 Å². The number of benzene rings is 1. The highest BCUT2D eigenvalue weighted by Crippen LogP contribution is 2.33. The average molecular weight is 371 g/mol. The van der Waals surface area contributed by atoms with E-state index in [4.69, 9.17) is 11.6 Å². The summed E-state index contributed by atoms with van der Waals surface area (Å²) in [5, 5.41) is 0.589. The predicted molar refractivity (Wildman–Crippen MR) is 96.4 cm³/mol. The van der Waals surface area contributed by atoms with Crippen LogP contribution in [-0.4, -0.2) is 55.9 Å². The number of amides is 1. The van der Waals surface area contributed by atoms with Gasteiger partial charge in [-0.3, -0.25) is 9.69 Å². The van der Waals surface area contributed by atoms with E-state index in [1.54, 1.807) is 11.0 Å². The molecule has 2 heterocycles. The first kappa shape index (κ1) is 17.7. The molecule has 0 N–H and O–H groups in total. The van der Waals surface area contributed by atoms with E-state index in [2.05, 4.69) is 6.92 Å². The lowest BCUT2D eigenvalue weighted by Gasteiger charge is -2.43. The van der Waals surface area contributed by atoms with Crippen LogP contribution < -0.4 is 4.90 Å². The molecule has 0 bridgehead atoms. The minimum Gasteiger partial charge on any atom is -0.306 e. The summed E-state index contributed by atoms with van der Waals surface area (Å²) in [4.78, 5) is 16.5. The van der Waals surface area contributed by atoms with Gasteiger partial charge in [-0.2, -0.15) is 0 Å². The van der Waals surface area contributed by atoms with Crippen molar-refractivity contribution >= 4 is 33.0 Å². The molecule has 5 nitrogen and oxygen atoms in total. The normalized spacial score (nSPS) is 26.6. The molecular weight excluding hydrogens is 348 g/mol. The molecule has 0 spiro atoms. The highest BCUT2D eigenvalue weighted by atomic mass is 35.5. The minimum atomic E-state index is -3.14. The second-order valence-corrected chi connectivity index (χ2v) is 9.29. The lowest BCUT2D eigenvalue weighted by molar-refractivity contribution is -0.123. The number of nitrogens with zero attached hydrogens (tertiary/aromatic N) is 2. The number of unbranched alkanes of at least 4 members (excludes halogenated alkanes) is 1. The molecule has 24 heavy (non-hydrogen) atoms. The fourth-order valence-electron chi connectivity index (χ4n) is 3.63. The smallest absolute Gasteiger partial charge is 0.241 e. The molecule has 0 aromatic heterocycles. The number of fused-ring (bicyclic) bond motifs is 1. The molecule has 0 unspecified atom stereocenters. The van der Waals surface area contributed by atoms with Crippen molar-refractivity contribution in [3.63, 3.8) is 0 Å². The SMILES string of the molecule is CCCCN1CC(=O)N(c2ccc(C)c(Cl)c2)[C@@H]2CS(=O)(=O)C[C@@H]21. The molecule has 1 aromatic carbocycles. The molecule has 2 fully saturated rings. The zero-order valence-corrected chi connectivity index (χ0v) is 15.6. The van der Waals surface area contributed by atoms with Crippen LogP contribution in [0.5, 0.6) is 0 Å². The lowest BCUT2D eigenvalue weighted by Crippen LogP contribution is -2.62. The maximum absolute atomic E-state index is 12.8. The molecule has 2 saturated heterocycles. The Morgan fingerprint density at radius 2 is 1.96 bits per heavy atom. The molecule has 2 aliphatic rings. The Hall–Kier alpha value is -1.11. The fourth-order valence-corrected chi connectivity index (χ4v) is 5.79. The quantitative estimate of drug-likeness (QED) is 0.815. The van der Waals surface area contributed by atoms with Crippen LogP contribution in [0.4, 0.5) is 5.69 Å². The molecule has 132 valence electrons. The van der Waals surface area contributed by atoms with Crippen LogP contribution in [0.3, 0.4) is 0 Å². The first-order valence-electron chi connectivity index (χ1n) is 8.35. The van der Waals surface area contributed by atoms with E-state index in [0.29, 0.717) is 10.7 Å². The Kier molecular flexibility index (Phi) is 4.91. The van der Waals surface area contributed by atoms with Crippen LogP contribution in [0, 0.1) is 6.92 Å². The first-order valence-corrected chi connectivity index (χ1v) is 10.5. The summed E-state index contributed by atoms with van der Waals surface area (Å²) in [5.74, 6) is 0.104. The van der Waals surface area contributed by atoms with Gasteiger partial charge in [0.05, 0.1) is 24.1 Å². The minimum absolute atomic E-state index is 0.0253. The molecule has 3 rings (SSSR count). The molecule has 7 heteroatoms. The van der Waals surface area contributed by atoms with Crippen LogP contribution in [0.15, 0.2) is 18.2 Å². The second-order valence-electron chi connectivity index (χ2n) is 6.73. The Morgan fingerprint density at radius 3 is 2.62 bits per heavy atom. The number of carbonyl (C=O) groups is 1. The summed E-state index contributed by atoms with van der Waals surface area (Å²) in [6, 6.07) is 5.03. The third-order valence-corrected chi connectivity index (χ3v) is 7.04. The second kappa shape index (κ2) is 6.65. The fraction of sp³-hybridized carbons (Fsp3) is 0.588. The molecule has 2 atom stereocenters. The summed E-state index contributed by atoms with van der Waals surface area (Å²) in [6.07, 6.45) is 1.99. The average Bonchev–Trinajstić information content (AvgIpc) is 2.83. The van der Waals surface area contributed by atoms with Gasteiger partial charge in [-0.25, -0.2) is 8.42 Å². The topological polar surface area (TPSA) is 57.7 Å². The third kappa shape index (κ3) is 3.32. The van der Waals surface area contributed by atoms with E-state index >= 15 is 0 Å². The number of anilines is 1. The number of hydrogen-bond donors (Lipinski definition) is 0. The number of piperazine rings is 1. The van der Waals surface area contributed by atoms with E-state index in [1.807, 2.05) is 24.0 Å². The van der Waals surface area contributed by atoms with Crippen LogP contribution in [0.25, 0.3) is 0 Å². The van der Waals surface area contributed by atoms with Crippen LogP contribution in [0.2, 0.25) is 5.02 Å². The predicted octanol–water partition coefficient (Wildman–Crippen LogP) is 2.26. The first-order chi connectivity index (χ1) is 11.3. The van der Waals surface area contributed by atoms with Gasteiger partial charge in [-0.15, -0.1) is 0 Å². The van der Waals surface area contributed by atoms with Crippen molar-refractivity contribution in [2.24, 2.45) is 0 Å². The molecular formula is C17H23ClN2O3S. The molecule has 0 aliphatic carbocycles. The molecule has 0 saturated carbocycles. The van der Waals surface area contributed by atoms with Gasteiger partial charge in [0.1, 0.15) is 0 Å². The van der Waals surface area contributed by atoms with Gasteiger partial charge in [0, 0.05) is 16.8 Å². The Balaban J connectivity index is 1.95. The molecule has 1 aromatic rings. The third-order valence-electron chi connectivity index (χ3n) is 4.93. The van der Waals surface area contributed by atoms with E-state index < -0.39 is 9.84 Å². The summed E-state index contributed by atoms with van der Waals surface area (Å²) < 4.78 is 24.5. The zero-order chi connectivity index (χ0) is 17.5. The van der Waals surface area contributed by atoms with Crippen molar-refractivity contribution < 1.29 is 13.2 Å². The Labute approximate surface area is 148 Å². The summed E-state index contributed by atoms with van der Waals surface area (Å²) in [6.45, 7) is 5.03. The number of sulfone groups is 1. The maximum Gasteiger partial charge on any atom is 0.241 e. The van der Waals surface area contributed by atoms with Gasteiger partial charge in [0.25, 0.3) is 0 Å². The van der Waals surface area contributed by atoms with Gasteiger partial charge < -0.3 is 4.90 Å². The van der Waals surface area contributed by atoms with Gasteiger partial charge >= 0.3 is 0 Å². The van der Waals surface area contributed by atoms with Crippen molar-refractivity contribution in [1.29, 1.82) is 0 Å². The maximum atomic E-state index is 12.8. The monoisotopic (exact) mass is 370 g/mol. The van der Waals surface area contributed by atoms with Gasteiger partial charge in [0.15, 0.2) is 9.84 Å². The van der Waals surface area contributed by atoms with E-state index in [1.165, 1.54) is 0 Å². The Bertz CT molecular complexity index is 750. The van der Waals surface area contributed by atoms with Crippen LogP contribution in [-0.2, 0) is 14.6 Å². The van der Waals surface area contributed by atoms with Gasteiger partial charge in [-0.05, 0) is 37.6 Å². The van der Waals surface area contributed by atoms with Crippen molar-refractivity contribution in [1.82, 2.24) is 4.90 Å². The zero-order valence-electron chi connectivity index (χ0n) is 14.0. The molecule has 0 radical (unpaired) electrons. The van der Waals surface area contributed by atoms with Gasteiger partial charge in [0.2, 0.25) is 5.91 Å². The van der Waals surface area contributed by atoms with E-state index in [0.717, 1.165) is 24.9 Å². The number of aryl methyl sites for hydroxylation is 1. The van der Waals surface area contributed by atoms with Crippen molar-refractivity contribution in [2.75, 3.05) is 29.5 Å². The summed E-state index contributed by atoms with van der Waals surface area (Å²) >= 11 is 6.21. The number of hydrogen-bond acceptors (Lipinski definition) is 4. The van der Waals surface area contributed by atoms with E-state index in [-0.39, 0.29) is 36.0 Å². The highest BCUT2D eigenvalue weighted by Gasteiger charge is 2.49. The lowest BCUT2D eigenvalue weighted by atomic mass is 10.0. The standard InChI is InChI=1S/C17H23ClN2O3S/c1-3-4-7-19-9-17(21)20(13-6-5-12(2)14(18)8-13)16-11-24(22,23)10-15(16)19/h5-6,8,15-16H,3-4,7,9-11H2,1-2H3/t15-,16+/m0/s1. The van der Waals surface area contributed by atoms with Crippen molar-refractivity contribution in [3.05, 3.63) is 28.8 Å². The van der Waals surface area contributed by atoms with E-state index in [9.17, 15) is 13.2 Å². The highest BCUT2D eigenvalue weighted by molar-refractivity contribution is 7.91. The number of carbonyl (C=O) groups excluding carboxylic acids is 1. The van der Waals surface area contributed by atoms with Crippen molar-refractivity contribution in [3.8, 4) is 0 Å². The van der Waals surface area contributed by atoms with Crippen LogP contribution in [0.1, 0.15) is 25.3 Å². The largest absolute Gasteiger partial charge is 0.306 e. The molecule has 2 aliphatic heterocycles. The summed E-state index contributed by atoms with van der Waals surface area (Å²) in [5.41, 5.74) is 1.63. The number of rotatable bonds is 4. The Morgan fingerprint density at radius 1 is 1.25 bits per heavy atom. The van der Waals surface area contributed by atoms with Gasteiger partial charge in [-0.1, -0.05) is 31.0 Å². The summed E-state index contributed by atoms with van der Waals surface area (Å²) in [7, 11) is -3.14. The number of halogens is 1. The van der Waals surface area contributed by atoms with Crippen molar-refractivity contribution in [2.45, 2.75) is 38.8 Å². The molecule has 1 amide bonds.